The van der Waals surface area contributed by atoms with Crippen molar-refractivity contribution in [2.75, 3.05) is 12.9 Å². The first-order valence-electron chi connectivity index (χ1n) is 8.54. The van der Waals surface area contributed by atoms with Crippen LogP contribution >= 0.6 is 0 Å². The van der Waals surface area contributed by atoms with Crippen LogP contribution in [-0.2, 0) is 14.6 Å². The summed E-state index contributed by atoms with van der Waals surface area (Å²) >= 11 is 0. The van der Waals surface area contributed by atoms with Gasteiger partial charge in [-0.1, -0.05) is 24.3 Å². The molecule has 0 spiro atoms. The van der Waals surface area contributed by atoms with Crippen LogP contribution in [0.5, 0.6) is 5.75 Å². The van der Waals surface area contributed by atoms with E-state index in [0.717, 1.165) is 16.9 Å². The lowest BCUT2D eigenvalue weighted by Crippen LogP contribution is -2.26. The Balaban J connectivity index is 1.76. The van der Waals surface area contributed by atoms with E-state index in [0.29, 0.717) is 19.4 Å². The second-order valence-electron chi connectivity index (χ2n) is 6.40. The van der Waals surface area contributed by atoms with Crippen molar-refractivity contribution in [3.8, 4) is 5.75 Å². The number of carbonyl (C=O) groups excluding carboxylic acids is 1. The second-order valence-corrected chi connectivity index (χ2v) is 8.41. The van der Waals surface area contributed by atoms with E-state index < -0.39 is 9.84 Å². The molecule has 0 saturated carbocycles. The Morgan fingerprint density at radius 3 is 2.46 bits per heavy atom. The number of rotatable bonds is 8. The first-order chi connectivity index (χ1) is 12.3. The van der Waals surface area contributed by atoms with E-state index in [1.165, 1.54) is 6.26 Å². The van der Waals surface area contributed by atoms with E-state index >= 15 is 0 Å². The number of hydrogen-bond acceptors (Lipinski definition) is 4. The largest absolute Gasteiger partial charge is 0.494 e. The standard InChI is InChI=1S/C20H25NO4S/c1-15-6-4-7-18(14-15)25-13-5-8-20(22)21-16(2)17-9-11-19(12-10-17)26(3,23)24/h4,6-7,9-12,14,16H,5,8,13H2,1-3H3,(H,21,22). The molecule has 0 radical (unpaired) electrons. The summed E-state index contributed by atoms with van der Waals surface area (Å²) < 4.78 is 28.6. The zero-order chi connectivity index (χ0) is 19.2. The van der Waals surface area contributed by atoms with Gasteiger partial charge in [0, 0.05) is 12.7 Å². The van der Waals surface area contributed by atoms with Crippen molar-refractivity contribution in [3.05, 3.63) is 59.7 Å². The molecule has 140 valence electrons. The number of nitrogens with one attached hydrogen (secondary N) is 1. The molecule has 5 nitrogen and oxygen atoms in total. The Labute approximate surface area is 155 Å². The summed E-state index contributed by atoms with van der Waals surface area (Å²) in [6.45, 7) is 4.36. The summed E-state index contributed by atoms with van der Waals surface area (Å²) in [5.41, 5.74) is 2.00. The second kappa shape index (κ2) is 8.85. The van der Waals surface area contributed by atoms with Gasteiger partial charge in [0.05, 0.1) is 17.5 Å². The van der Waals surface area contributed by atoms with Crippen LogP contribution in [0.2, 0.25) is 0 Å². The minimum absolute atomic E-state index is 0.0578. The summed E-state index contributed by atoms with van der Waals surface area (Å²) in [5, 5.41) is 2.92. The highest BCUT2D eigenvalue weighted by atomic mass is 32.2. The summed E-state index contributed by atoms with van der Waals surface area (Å²) in [6.07, 6.45) is 2.17. The average Bonchev–Trinajstić information content (AvgIpc) is 2.58. The fraction of sp³-hybridized carbons (Fsp3) is 0.350. The number of sulfone groups is 1. The Bertz CT molecular complexity index is 844. The molecule has 2 aromatic carbocycles. The number of amides is 1. The van der Waals surface area contributed by atoms with Crippen molar-refractivity contribution in [2.24, 2.45) is 0 Å². The lowest BCUT2D eigenvalue weighted by atomic mass is 10.1. The van der Waals surface area contributed by atoms with Gasteiger partial charge in [0.2, 0.25) is 5.91 Å². The Morgan fingerprint density at radius 2 is 1.85 bits per heavy atom. The number of carbonyl (C=O) groups is 1. The third kappa shape index (κ3) is 6.19. The molecule has 0 saturated heterocycles. The van der Waals surface area contributed by atoms with Crippen molar-refractivity contribution in [3.63, 3.8) is 0 Å². The first kappa shape index (κ1) is 20.0. The molecule has 0 aliphatic rings. The number of benzene rings is 2. The van der Waals surface area contributed by atoms with E-state index in [1.54, 1.807) is 24.3 Å². The smallest absolute Gasteiger partial charge is 0.220 e. The highest BCUT2D eigenvalue weighted by Crippen LogP contribution is 2.17. The molecule has 0 heterocycles. The molecule has 0 aliphatic heterocycles. The number of ether oxygens (including phenoxy) is 1. The van der Waals surface area contributed by atoms with Crippen LogP contribution in [0.4, 0.5) is 0 Å². The molecule has 1 amide bonds. The zero-order valence-corrected chi connectivity index (χ0v) is 16.2. The first-order valence-corrected chi connectivity index (χ1v) is 10.4. The Morgan fingerprint density at radius 1 is 1.15 bits per heavy atom. The third-order valence-electron chi connectivity index (χ3n) is 3.99. The highest BCUT2D eigenvalue weighted by molar-refractivity contribution is 7.90. The van der Waals surface area contributed by atoms with Crippen molar-refractivity contribution >= 4 is 15.7 Å². The normalized spacial score (nSPS) is 12.4. The lowest BCUT2D eigenvalue weighted by molar-refractivity contribution is -0.121. The summed E-state index contributed by atoms with van der Waals surface area (Å²) in [7, 11) is -3.21. The van der Waals surface area contributed by atoms with Crippen molar-refractivity contribution < 1.29 is 17.9 Å². The van der Waals surface area contributed by atoms with E-state index in [1.807, 2.05) is 38.1 Å². The zero-order valence-electron chi connectivity index (χ0n) is 15.4. The van der Waals surface area contributed by atoms with Crippen LogP contribution in [-0.4, -0.2) is 27.2 Å². The van der Waals surface area contributed by atoms with Gasteiger partial charge in [0.15, 0.2) is 9.84 Å². The van der Waals surface area contributed by atoms with Crippen LogP contribution < -0.4 is 10.1 Å². The number of aryl methyl sites for hydroxylation is 1. The van der Waals surface area contributed by atoms with Gasteiger partial charge in [0.25, 0.3) is 0 Å². The molecule has 2 rings (SSSR count). The Kier molecular flexibility index (Phi) is 6.80. The average molecular weight is 375 g/mol. The lowest BCUT2D eigenvalue weighted by Gasteiger charge is -2.15. The van der Waals surface area contributed by atoms with Gasteiger partial charge >= 0.3 is 0 Å². The molecular formula is C20H25NO4S. The minimum Gasteiger partial charge on any atom is -0.494 e. The predicted octanol–water partition coefficient (Wildman–Crippen LogP) is 3.43. The maximum Gasteiger partial charge on any atom is 0.220 e. The van der Waals surface area contributed by atoms with Crippen molar-refractivity contribution in [2.45, 2.75) is 37.6 Å². The van der Waals surface area contributed by atoms with E-state index in [2.05, 4.69) is 5.32 Å². The maximum atomic E-state index is 12.1. The molecule has 0 fully saturated rings. The van der Waals surface area contributed by atoms with E-state index in [4.69, 9.17) is 4.74 Å². The topological polar surface area (TPSA) is 72.5 Å². The Hall–Kier alpha value is -2.34. The molecule has 1 N–H and O–H groups in total. The fourth-order valence-electron chi connectivity index (χ4n) is 2.53. The van der Waals surface area contributed by atoms with Crippen LogP contribution in [0.15, 0.2) is 53.4 Å². The molecule has 0 bridgehead atoms. The quantitative estimate of drug-likeness (QED) is 0.718. The van der Waals surface area contributed by atoms with Gasteiger partial charge < -0.3 is 10.1 Å². The molecular weight excluding hydrogens is 350 g/mol. The van der Waals surface area contributed by atoms with E-state index in [-0.39, 0.29) is 16.8 Å². The SMILES string of the molecule is Cc1cccc(OCCCC(=O)NC(C)c2ccc(S(C)(=O)=O)cc2)c1. The van der Waals surface area contributed by atoms with Gasteiger partial charge in [-0.3, -0.25) is 4.79 Å². The molecule has 2 aromatic rings. The highest BCUT2D eigenvalue weighted by Gasteiger charge is 2.11. The van der Waals surface area contributed by atoms with Gasteiger partial charge in [-0.15, -0.1) is 0 Å². The van der Waals surface area contributed by atoms with Crippen LogP contribution in [0.25, 0.3) is 0 Å². The van der Waals surface area contributed by atoms with Crippen molar-refractivity contribution in [1.82, 2.24) is 5.32 Å². The van der Waals surface area contributed by atoms with Crippen LogP contribution in [0.3, 0.4) is 0 Å². The molecule has 26 heavy (non-hydrogen) atoms. The molecule has 1 atom stereocenters. The monoisotopic (exact) mass is 375 g/mol. The third-order valence-corrected chi connectivity index (χ3v) is 5.12. The molecule has 0 aromatic heterocycles. The molecule has 6 heteroatoms. The molecule has 0 aliphatic carbocycles. The van der Waals surface area contributed by atoms with E-state index in [9.17, 15) is 13.2 Å². The van der Waals surface area contributed by atoms with Gasteiger partial charge in [-0.25, -0.2) is 8.42 Å². The fourth-order valence-corrected chi connectivity index (χ4v) is 3.16. The van der Waals surface area contributed by atoms with Crippen molar-refractivity contribution in [1.29, 1.82) is 0 Å². The van der Waals surface area contributed by atoms with Gasteiger partial charge in [0.1, 0.15) is 5.75 Å². The van der Waals surface area contributed by atoms with Crippen LogP contribution in [0, 0.1) is 6.92 Å². The summed E-state index contributed by atoms with van der Waals surface area (Å²) in [6, 6.07) is 14.2. The summed E-state index contributed by atoms with van der Waals surface area (Å²) in [5.74, 6) is 0.752. The minimum atomic E-state index is -3.21. The number of hydrogen-bond donors (Lipinski definition) is 1. The van der Waals surface area contributed by atoms with Crippen LogP contribution in [0.1, 0.15) is 36.9 Å². The molecule has 1 unspecified atom stereocenters. The summed E-state index contributed by atoms with van der Waals surface area (Å²) in [4.78, 5) is 12.3. The predicted molar refractivity (Wildman–Crippen MR) is 102 cm³/mol. The maximum absolute atomic E-state index is 12.1. The van der Waals surface area contributed by atoms with Gasteiger partial charge in [-0.05, 0) is 55.7 Å². The van der Waals surface area contributed by atoms with Gasteiger partial charge in [-0.2, -0.15) is 0 Å².